The van der Waals surface area contributed by atoms with Crippen molar-refractivity contribution < 1.29 is 22.4 Å². The summed E-state index contributed by atoms with van der Waals surface area (Å²) < 4.78 is 30.1. The number of imide groups is 1. The van der Waals surface area contributed by atoms with Crippen LogP contribution in [0.4, 0.5) is 4.79 Å². The minimum Gasteiger partial charge on any atom is -0.456 e. The summed E-state index contributed by atoms with van der Waals surface area (Å²) in [5, 5.41) is 11.1. The fraction of sp³-hybridized carbons (Fsp3) is 0.286. The number of furan rings is 1. The summed E-state index contributed by atoms with van der Waals surface area (Å²) in [6.45, 7) is 0. The Kier molecular flexibility index (Phi) is 4.38. The van der Waals surface area contributed by atoms with Gasteiger partial charge < -0.3 is 9.73 Å². The van der Waals surface area contributed by atoms with Crippen LogP contribution in [-0.2, 0) is 21.2 Å². The highest BCUT2D eigenvalue weighted by Gasteiger charge is 2.50. The predicted molar refractivity (Wildman–Crippen MR) is 111 cm³/mol. The minimum atomic E-state index is -4.04. The van der Waals surface area contributed by atoms with Gasteiger partial charge in [-0.05, 0) is 55.4 Å². The number of para-hydroxylation sites is 1. The number of nitrogens with one attached hydrogen (secondary N) is 2. The number of rotatable bonds is 4. The van der Waals surface area contributed by atoms with Crippen molar-refractivity contribution in [3.63, 3.8) is 0 Å². The number of urea groups is 1. The zero-order valence-electron chi connectivity index (χ0n) is 16.4. The number of nitrogens with zero attached hydrogens (tertiary/aromatic N) is 1. The standard InChI is InChI=1S/C21H20N4O5S/c22-31(28,29)18-14(7-12-5-6-21(10-12)19(26)24-20(27)25-21)8-15(11-23-18)17-9-13-3-1-2-4-16(13)30-17/h1-4,8-9,11-12H,5-7,10H2,(H2,22,28,29)(H2,24,25,26,27). The second-order valence-corrected chi connectivity index (χ2v) is 9.66. The van der Waals surface area contributed by atoms with Crippen LogP contribution >= 0.6 is 0 Å². The molecule has 0 radical (unpaired) electrons. The van der Waals surface area contributed by atoms with E-state index in [9.17, 15) is 18.0 Å². The summed E-state index contributed by atoms with van der Waals surface area (Å²) in [7, 11) is -4.04. The number of aromatic nitrogens is 1. The van der Waals surface area contributed by atoms with E-state index in [1.807, 2.05) is 30.3 Å². The first-order valence-electron chi connectivity index (χ1n) is 9.88. The van der Waals surface area contributed by atoms with E-state index in [0.29, 0.717) is 42.6 Å². The number of carbonyl (C=O) groups excluding carboxylic acids is 2. The van der Waals surface area contributed by atoms with Gasteiger partial charge in [-0.3, -0.25) is 10.1 Å². The fourth-order valence-corrected chi connectivity index (χ4v) is 5.35. The van der Waals surface area contributed by atoms with Crippen LogP contribution in [0.2, 0.25) is 0 Å². The first-order chi connectivity index (χ1) is 14.7. The van der Waals surface area contributed by atoms with E-state index in [4.69, 9.17) is 9.56 Å². The maximum atomic E-state index is 12.2. The van der Waals surface area contributed by atoms with Gasteiger partial charge in [0.25, 0.3) is 15.9 Å². The summed E-state index contributed by atoms with van der Waals surface area (Å²) in [5.41, 5.74) is 0.897. The number of carbonyl (C=O) groups is 2. The van der Waals surface area contributed by atoms with Crippen molar-refractivity contribution in [2.45, 2.75) is 36.2 Å². The zero-order valence-corrected chi connectivity index (χ0v) is 17.2. The van der Waals surface area contributed by atoms with Gasteiger partial charge in [0.05, 0.1) is 0 Å². The second kappa shape index (κ2) is 6.89. The molecule has 10 heteroatoms. The van der Waals surface area contributed by atoms with E-state index in [0.717, 1.165) is 11.0 Å². The lowest BCUT2D eigenvalue weighted by molar-refractivity contribution is -0.123. The zero-order chi connectivity index (χ0) is 21.8. The molecule has 2 atom stereocenters. The molecular formula is C21H20N4O5S. The predicted octanol–water partition coefficient (Wildman–Crippen LogP) is 2.06. The van der Waals surface area contributed by atoms with Crippen molar-refractivity contribution >= 4 is 32.9 Å². The molecule has 2 unspecified atom stereocenters. The molecule has 2 aromatic heterocycles. The topological polar surface area (TPSA) is 144 Å². The molecule has 1 aliphatic carbocycles. The number of hydrogen-bond donors (Lipinski definition) is 3. The third kappa shape index (κ3) is 3.47. The number of hydrogen-bond acceptors (Lipinski definition) is 6. The average Bonchev–Trinajstić information content (AvgIpc) is 3.38. The quantitative estimate of drug-likeness (QED) is 0.530. The van der Waals surface area contributed by atoms with E-state index in [-0.39, 0.29) is 16.9 Å². The first-order valence-corrected chi connectivity index (χ1v) is 11.4. The first kappa shape index (κ1) is 19.7. The Morgan fingerprint density at radius 3 is 2.74 bits per heavy atom. The lowest BCUT2D eigenvalue weighted by Gasteiger charge is -2.20. The highest BCUT2D eigenvalue weighted by atomic mass is 32.2. The highest BCUT2D eigenvalue weighted by molar-refractivity contribution is 7.89. The van der Waals surface area contributed by atoms with E-state index in [1.54, 1.807) is 6.07 Å². The Labute approximate surface area is 178 Å². The number of fused-ring (bicyclic) bond motifs is 1. The normalized spacial score (nSPS) is 23.5. The summed E-state index contributed by atoms with van der Waals surface area (Å²) >= 11 is 0. The molecular weight excluding hydrogens is 420 g/mol. The van der Waals surface area contributed by atoms with Crippen LogP contribution in [-0.4, -0.2) is 30.9 Å². The van der Waals surface area contributed by atoms with E-state index >= 15 is 0 Å². The van der Waals surface area contributed by atoms with Crippen LogP contribution < -0.4 is 15.8 Å². The molecule has 160 valence electrons. The van der Waals surface area contributed by atoms with E-state index < -0.39 is 21.6 Å². The molecule has 1 saturated carbocycles. The highest BCUT2D eigenvalue weighted by Crippen LogP contribution is 2.39. The molecule has 2 aliphatic rings. The summed E-state index contributed by atoms with van der Waals surface area (Å²) in [5.74, 6) is 0.222. The van der Waals surface area contributed by atoms with Gasteiger partial charge in [0.15, 0.2) is 5.03 Å². The molecule has 1 spiro atoms. The number of nitrogens with two attached hydrogens (primary N) is 1. The number of primary sulfonamides is 1. The fourth-order valence-electron chi connectivity index (χ4n) is 4.64. The molecule has 3 amide bonds. The van der Waals surface area contributed by atoms with Gasteiger partial charge in [0.2, 0.25) is 0 Å². The smallest absolute Gasteiger partial charge is 0.322 e. The van der Waals surface area contributed by atoms with E-state index in [1.165, 1.54) is 6.20 Å². The second-order valence-electron chi connectivity index (χ2n) is 8.19. The Bertz CT molecular complexity index is 1300. The molecule has 2 fully saturated rings. The van der Waals surface area contributed by atoms with Crippen LogP contribution in [0.1, 0.15) is 24.8 Å². The van der Waals surface area contributed by atoms with Crippen molar-refractivity contribution in [1.29, 1.82) is 0 Å². The summed E-state index contributed by atoms with van der Waals surface area (Å²) in [6.07, 6.45) is 3.37. The Morgan fingerprint density at radius 1 is 1.23 bits per heavy atom. The number of sulfonamides is 1. The maximum absolute atomic E-state index is 12.2. The number of benzene rings is 1. The molecule has 0 bridgehead atoms. The molecule has 1 aromatic carbocycles. The maximum Gasteiger partial charge on any atom is 0.322 e. The molecule has 9 nitrogen and oxygen atoms in total. The molecule has 31 heavy (non-hydrogen) atoms. The van der Waals surface area contributed by atoms with Crippen LogP contribution in [0.5, 0.6) is 0 Å². The summed E-state index contributed by atoms with van der Waals surface area (Å²) in [4.78, 5) is 27.9. The van der Waals surface area contributed by atoms with Crippen molar-refractivity contribution in [1.82, 2.24) is 15.6 Å². The molecule has 4 N–H and O–H groups in total. The van der Waals surface area contributed by atoms with Crippen molar-refractivity contribution in [3.05, 3.63) is 48.2 Å². The summed E-state index contributed by atoms with van der Waals surface area (Å²) in [6, 6.07) is 10.7. The number of pyridine rings is 1. The Morgan fingerprint density at radius 2 is 2.03 bits per heavy atom. The third-order valence-corrected chi connectivity index (χ3v) is 6.95. The monoisotopic (exact) mass is 440 g/mol. The lowest BCUT2D eigenvalue weighted by Crippen LogP contribution is -2.44. The molecule has 1 aliphatic heterocycles. The average molecular weight is 440 g/mol. The van der Waals surface area contributed by atoms with Crippen LogP contribution in [0, 0.1) is 5.92 Å². The van der Waals surface area contributed by atoms with Gasteiger partial charge in [-0.25, -0.2) is 23.3 Å². The molecule has 5 rings (SSSR count). The Hall–Kier alpha value is -3.24. The molecule has 1 saturated heterocycles. The largest absolute Gasteiger partial charge is 0.456 e. The van der Waals surface area contributed by atoms with Gasteiger partial charge in [-0.1, -0.05) is 18.2 Å². The minimum absolute atomic E-state index is 0.0163. The third-order valence-electron chi connectivity index (χ3n) is 6.04. The van der Waals surface area contributed by atoms with Gasteiger partial charge in [0, 0.05) is 17.1 Å². The van der Waals surface area contributed by atoms with Gasteiger partial charge >= 0.3 is 6.03 Å². The Balaban J connectivity index is 1.49. The van der Waals surface area contributed by atoms with Gasteiger partial charge in [-0.2, -0.15) is 0 Å². The van der Waals surface area contributed by atoms with Gasteiger partial charge in [-0.15, -0.1) is 0 Å². The van der Waals surface area contributed by atoms with Crippen LogP contribution in [0.25, 0.3) is 22.3 Å². The van der Waals surface area contributed by atoms with E-state index in [2.05, 4.69) is 15.6 Å². The van der Waals surface area contributed by atoms with Crippen molar-refractivity contribution in [2.24, 2.45) is 11.1 Å². The molecule has 3 heterocycles. The van der Waals surface area contributed by atoms with Crippen LogP contribution in [0.3, 0.4) is 0 Å². The van der Waals surface area contributed by atoms with Crippen molar-refractivity contribution in [3.8, 4) is 11.3 Å². The van der Waals surface area contributed by atoms with Crippen molar-refractivity contribution in [2.75, 3.05) is 0 Å². The molecule has 3 aromatic rings. The number of amides is 3. The van der Waals surface area contributed by atoms with Crippen LogP contribution in [0.15, 0.2) is 52.0 Å². The SMILES string of the molecule is NS(=O)(=O)c1ncc(-c2cc3ccccc3o2)cc1CC1CCC2(C1)NC(=O)NC2=O. The van der Waals surface area contributed by atoms with Gasteiger partial charge in [0.1, 0.15) is 16.9 Å². The lowest BCUT2D eigenvalue weighted by atomic mass is 9.93.